The van der Waals surface area contributed by atoms with E-state index in [0.29, 0.717) is 11.6 Å². The predicted molar refractivity (Wildman–Crippen MR) is 98.5 cm³/mol. The van der Waals surface area contributed by atoms with Crippen LogP contribution in [0.15, 0.2) is 24.4 Å². The van der Waals surface area contributed by atoms with Crippen LogP contribution < -0.4 is 16.4 Å². The fraction of sp³-hybridized carbons (Fsp3) is 0.444. The molecule has 1 amide bonds. The number of amides is 1. The molecule has 134 valence electrons. The topological polar surface area (TPSA) is 105 Å². The van der Waals surface area contributed by atoms with Gasteiger partial charge in [0.05, 0.1) is 18.8 Å². The minimum absolute atomic E-state index is 0.0722. The smallest absolute Gasteiger partial charge is 0.411 e. The lowest BCUT2D eigenvalue weighted by Gasteiger charge is -2.18. The molecule has 2 atom stereocenters. The number of ether oxygens (including phenoxy) is 1. The summed E-state index contributed by atoms with van der Waals surface area (Å²) in [5.74, 6) is 1.34. The number of aromatic nitrogens is 2. The maximum atomic E-state index is 11.5. The highest BCUT2D eigenvalue weighted by atomic mass is 16.5. The van der Waals surface area contributed by atoms with E-state index in [1.807, 2.05) is 24.4 Å². The summed E-state index contributed by atoms with van der Waals surface area (Å²) < 4.78 is 4.66. The highest BCUT2D eigenvalue weighted by Crippen LogP contribution is 2.31. The van der Waals surface area contributed by atoms with E-state index in [1.54, 1.807) is 0 Å². The summed E-state index contributed by atoms with van der Waals surface area (Å²) in [5.41, 5.74) is 9.66. The standard InChI is InChI=1S/C18H25N5O2/c1-11-4-3-5-14(19)17-21-10-16(23-17)13-7-6-12(22-18(24)25-2)8-15(13)20-9-11/h6-8,10-11,14,20H,3-5,9,19H2,1-2H3,(H,21,23)(H,22,24)/t11-,14+/m1/s1. The van der Waals surface area contributed by atoms with Gasteiger partial charge in [0, 0.05) is 29.7 Å². The normalized spacial score (nSPS) is 20.4. The first-order valence-electron chi connectivity index (χ1n) is 8.61. The SMILES string of the molecule is COC(=O)Nc1ccc2c(c1)NC[C@H](C)CCC[C@H](N)c1nc-2c[nH]1. The molecular formula is C18H25N5O2. The molecular weight excluding hydrogens is 318 g/mol. The number of carbonyl (C=O) groups is 1. The van der Waals surface area contributed by atoms with Gasteiger partial charge >= 0.3 is 6.09 Å². The van der Waals surface area contributed by atoms with E-state index >= 15 is 0 Å². The van der Waals surface area contributed by atoms with E-state index < -0.39 is 6.09 Å². The third-order valence-electron chi connectivity index (χ3n) is 4.53. The van der Waals surface area contributed by atoms with Crippen LogP contribution in [0.3, 0.4) is 0 Å². The quantitative estimate of drug-likeness (QED) is 0.634. The van der Waals surface area contributed by atoms with Gasteiger partial charge < -0.3 is 20.8 Å². The Morgan fingerprint density at radius 3 is 3.04 bits per heavy atom. The molecule has 1 aromatic heterocycles. The van der Waals surface area contributed by atoms with Crippen molar-refractivity contribution in [2.45, 2.75) is 32.2 Å². The molecule has 0 unspecified atom stereocenters. The van der Waals surface area contributed by atoms with E-state index in [-0.39, 0.29) is 6.04 Å². The molecule has 1 aromatic carbocycles. The number of fused-ring (bicyclic) bond motifs is 4. The van der Waals surface area contributed by atoms with Crippen LogP contribution >= 0.6 is 0 Å². The molecule has 7 nitrogen and oxygen atoms in total. The van der Waals surface area contributed by atoms with Crippen molar-refractivity contribution in [3.05, 3.63) is 30.2 Å². The van der Waals surface area contributed by atoms with Crippen molar-refractivity contribution in [3.63, 3.8) is 0 Å². The number of benzene rings is 1. The second-order valence-electron chi connectivity index (χ2n) is 6.57. The molecule has 25 heavy (non-hydrogen) atoms. The Kier molecular flexibility index (Phi) is 5.23. The van der Waals surface area contributed by atoms with Gasteiger partial charge in [0.15, 0.2) is 0 Å². The summed E-state index contributed by atoms with van der Waals surface area (Å²) in [5, 5.41) is 6.19. The number of aromatic amines is 1. The van der Waals surface area contributed by atoms with E-state index in [9.17, 15) is 4.79 Å². The van der Waals surface area contributed by atoms with Crippen molar-refractivity contribution in [2.24, 2.45) is 11.7 Å². The van der Waals surface area contributed by atoms with Crippen LogP contribution in [0.4, 0.5) is 16.2 Å². The lowest BCUT2D eigenvalue weighted by Crippen LogP contribution is -2.16. The van der Waals surface area contributed by atoms with Gasteiger partial charge in [-0.25, -0.2) is 9.78 Å². The molecule has 2 heterocycles. The first-order chi connectivity index (χ1) is 12.1. The Bertz CT molecular complexity index is 743. The number of nitrogens with zero attached hydrogens (tertiary/aromatic N) is 1. The Labute approximate surface area is 147 Å². The number of hydrogen-bond donors (Lipinski definition) is 4. The fourth-order valence-electron chi connectivity index (χ4n) is 3.03. The molecule has 1 aliphatic heterocycles. The lowest BCUT2D eigenvalue weighted by atomic mass is 10.0. The zero-order chi connectivity index (χ0) is 17.8. The average Bonchev–Trinajstić information content (AvgIpc) is 3.09. The molecule has 0 aliphatic carbocycles. The number of anilines is 2. The number of nitrogens with one attached hydrogen (secondary N) is 3. The Balaban J connectivity index is 1.97. The van der Waals surface area contributed by atoms with Crippen molar-refractivity contribution < 1.29 is 9.53 Å². The van der Waals surface area contributed by atoms with Crippen molar-refractivity contribution >= 4 is 17.5 Å². The van der Waals surface area contributed by atoms with Crippen LogP contribution in [0.25, 0.3) is 11.3 Å². The molecule has 1 aliphatic rings. The minimum Gasteiger partial charge on any atom is -0.453 e. The monoisotopic (exact) mass is 343 g/mol. The minimum atomic E-state index is -0.491. The molecule has 0 radical (unpaired) electrons. The lowest BCUT2D eigenvalue weighted by molar-refractivity contribution is 0.187. The molecule has 0 saturated heterocycles. The number of rotatable bonds is 1. The number of H-pyrrole nitrogens is 1. The van der Waals surface area contributed by atoms with Gasteiger partial charge in [-0.15, -0.1) is 0 Å². The van der Waals surface area contributed by atoms with Gasteiger partial charge in [0.2, 0.25) is 0 Å². The summed E-state index contributed by atoms with van der Waals surface area (Å²) >= 11 is 0. The predicted octanol–water partition coefficient (Wildman–Crippen LogP) is 3.49. The third kappa shape index (κ3) is 4.11. The van der Waals surface area contributed by atoms with Crippen LogP contribution in [-0.2, 0) is 4.74 Å². The van der Waals surface area contributed by atoms with Gasteiger partial charge in [0.1, 0.15) is 5.82 Å². The maximum absolute atomic E-state index is 11.5. The molecule has 2 bridgehead atoms. The highest BCUT2D eigenvalue weighted by molar-refractivity contribution is 5.87. The van der Waals surface area contributed by atoms with Gasteiger partial charge in [-0.3, -0.25) is 5.32 Å². The van der Waals surface area contributed by atoms with Crippen molar-refractivity contribution in [2.75, 3.05) is 24.3 Å². The van der Waals surface area contributed by atoms with Crippen LogP contribution in [0.1, 0.15) is 38.1 Å². The molecule has 0 spiro atoms. The highest BCUT2D eigenvalue weighted by Gasteiger charge is 2.17. The van der Waals surface area contributed by atoms with Gasteiger partial charge in [-0.1, -0.05) is 13.3 Å². The van der Waals surface area contributed by atoms with E-state index in [0.717, 1.165) is 48.6 Å². The largest absolute Gasteiger partial charge is 0.453 e. The van der Waals surface area contributed by atoms with E-state index in [1.165, 1.54) is 7.11 Å². The fourth-order valence-corrected chi connectivity index (χ4v) is 3.03. The summed E-state index contributed by atoms with van der Waals surface area (Å²) in [6.07, 6.45) is 4.48. The van der Waals surface area contributed by atoms with E-state index in [2.05, 4.69) is 32.3 Å². The van der Waals surface area contributed by atoms with E-state index in [4.69, 9.17) is 5.73 Å². The molecule has 5 N–H and O–H groups in total. The summed E-state index contributed by atoms with van der Waals surface area (Å²) in [6, 6.07) is 5.60. The molecule has 7 heteroatoms. The second-order valence-corrected chi connectivity index (χ2v) is 6.57. The van der Waals surface area contributed by atoms with Crippen molar-refractivity contribution in [3.8, 4) is 11.3 Å². The number of hydrogen-bond acceptors (Lipinski definition) is 5. The summed E-state index contributed by atoms with van der Waals surface area (Å²) in [7, 11) is 1.34. The van der Waals surface area contributed by atoms with Crippen LogP contribution in [0.5, 0.6) is 0 Å². The third-order valence-corrected chi connectivity index (χ3v) is 4.53. The van der Waals surface area contributed by atoms with Crippen molar-refractivity contribution in [1.29, 1.82) is 0 Å². The van der Waals surface area contributed by atoms with Crippen LogP contribution in [0.2, 0.25) is 0 Å². The Morgan fingerprint density at radius 1 is 1.40 bits per heavy atom. The summed E-state index contributed by atoms with van der Waals surface area (Å²) in [6.45, 7) is 3.07. The number of methoxy groups -OCH3 is 1. The van der Waals surface area contributed by atoms with Gasteiger partial charge in [-0.2, -0.15) is 0 Å². The Hall–Kier alpha value is -2.54. The van der Waals surface area contributed by atoms with Crippen LogP contribution in [0, 0.1) is 5.92 Å². The van der Waals surface area contributed by atoms with Crippen LogP contribution in [-0.4, -0.2) is 29.7 Å². The average molecular weight is 343 g/mol. The number of imidazole rings is 1. The number of nitrogens with two attached hydrogens (primary N) is 1. The van der Waals surface area contributed by atoms with Gasteiger partial charge in [-0.05, 0) is 37.0 Å². The van der Waals surface area contributed by atoms with Crippen molar-refractivity contribution in [1.82, 2.24) is 9.97 Å². The maximum Gasteiger partial charge on any atom is 0.411 e. The Morgan fingerprint density at radius 2 is 2.24 bits per heavy atom. The molecule has 2 aromatic rings. The van der Waals surface area contributed by atoms with Gasteiger partial charge in [0.25, 0.3) is 0 Å². The first-order valence-corrected chi connectivity index (χ1v) is 8.61. The zero-order valence-electron chi connectivity index (χ0n) is 14.6. The molecule has 0 saturated carbocycles. The molecule has 0 fully saturated rings. The molecule has 3 rings (SSSR count). The number of carbonyl (C=O) groups excluding carboxylic acids is 1. The summed E-state index contributed by atoms with van der Waals surface area (Å²) in [4.78, 5) is 19.3. The first kappa shape index (κ1) is 17.3. The zero-order valence-corrected chi connectivity index (χ0v) is 14.6. The second kappa shape index (κ2) is 7.57.